The molecule has 1 unspecified atom stereocenters. The van der Waals surface area contributed by atoms with Gasteiger partial charge in [-0.05, 0) is 18.8 Å². The Morgan fingerprint density at radius 3 is 2.80 bits per heavy atom. The predicted octanol–water partition coefficient (Wildman–Crippen LogP) is 2.29. The summed E-state index contributed by atoms with van der Waals surface area (Å²) < 4.78 is 5.63. The Morgan fingerprint density at radius 2 is 2.15 bits per heavy atom. The van der Waals surface area contributed by atoms with Crippen LogP contribution in [-0.2, 0) is 11.3 Å². The molecule has 1 aromatic heterocycles. The minimum absolute atomic E-state index is 0.246. The number of carboxylic acid groups (broad SMARTS) is 1. The maximum Gasteiger partial charge on any atom is 0.320 e. The lowest BCUT2D eigenvalue weighted by Gasteiger charge is -2.11. The van der Waals surface area contributed by atoms with Crippen molar-refractivity contribution in [3.05, 3.63) is 42.4 Å². The van der Waals surface area contributed by atoms with Crippen LogP contribution >= 0.6 is 0 Å². The number of rotatable bonds is 6. The van der Waals surface area contributed by atoms with Gasteiger partial charge in [-0.15, -0.1) is 0 Å². The molecular weight excluding hydrogens is 256 g/mol. The molecule has 2 N–H and O–H groups in total. The lowest BCUT2D eigenvalue weighted by Crippen LogP contribution is -2.38. The molecule has 0 bridgehead atoms. The van der Waals surface area contributed by atoms with Gasteiger partial charge in [0, 0.05) is 5.56 Å². The Bertz CT molecular complexity index is 590. The van der Waals surface area contributed by atoms with Crippen LogP contribution < -0.4 is 5.32 Å². The second-order valence-electron chi connectivity index (χ2n) is 5.02. The summed E-state index contributed by atoms with van der Waals surface area (Å²) in [6, 6.07) is 9.20. The van der Waals surface area contributed by atoms with Gasteiger partial charge in [-0.1, -0.05) is 30.3 Å². The van der Waals surface area contributed by atoms with Crippen LogP contribution in [0.3, 0.4) is 0 Å². The quantitative estimate of drug-likeness (QED) is 0.844. The summed E-state index contributed by atoms with van der Waals surface area (Å²) in [6.07, 6.45) is 3.62. The van der Waals surface area contributed by atoms with Crippen LogP contribution in [0.15, 0.2) is 40.9 Å². The number of hydrogen-bond donors (Lipinski definition) is 2. The van der Waals surface area contributed by atoms with Gasteiger partial charge in [-0.25, -0.2) is 4.98 Å². The van der Waals surface area contributed by atoms with Crippen molar-refractivity contribution >= 4 is 5.97 Å². The molecular formula is C15H16N2O3. The van der Waals surface area contributed by atoms with E-state index in [2.05, 4.69) is 10.3 Å². The molecule has 1 heterocycles. The number of nitrogens with zero attached hydrogens (tertiary/aromatic N) is 1. The number of hydrogen-bond acceptors (Lipinski definition) is 4. The third-order valence-corrected chi connectivity index (χ3v) is 3.44. The van der Waals surface area contributed by atoms with Crippen molar-refractivity contribution in [1.82, 2.24) is 10.3 Å². The molecule has 20 heavy (non-hydrogen) atoms. The van der Waals surface area contributed by atoms with Gasteiger partial charge in [0.25, 0.3) is 0 Å². The largest absolute Gasteiger partial charge is 0.480 e. The highest BCUT2D eigenvalue weighted by molar-refractivity contribution is 5.74. The average Bonchev–Trinajstić information content (AvgIpc) is 3.17. The molecule has 0 aliphatic heterocycles. The van der Waals surface area contributed by atoms with Crippen molar-refractivity contribution in [2.24, 2.45) is 5.92 Å². The van der Waals surface area contributed by atoms with Gasteiger partial charge in [0.1, 0.15) is 6.04 Å². The van der Waals surface area contributed by atoms with E-state index in [1.807, 2.05) is 30.3 Å². The lowest BCUT2D eigenvalue weighted by atomic mass is 10.2. The van der Waals surface area contributed by atoms with Gasteiger partial charge in [0.15, 0.2) is 5.76 Å². The second-order valence-corrected chi connectivity index (χ2v) is 5.02. The van der Waals surface area contributed by atoms with Gasteiger partial charge < -0.3 is 9.52 Å². The molecule has 0 spiro atoms. The Labute approximate surface area is 116 Å². The molecule has 1 atom stereocenters. The molecule has 1 saturated carbocycles. The van der Waals surface area contributed by atoms with E-state index in [-0.39, 0.29) is 5.92 Å². The van der Waals surface area contributed by atoms with Crippen LogP contribution in [0.5, 0.6) is 0 Å². The highest BCUT2D eigenvalue weighted by atomic mass is 16.4. The first-order valence-corrected chi connectivity index (χ1v) is 6.70. The number of carbonyl (C=O) groups is 1. The van der Waals surface area contributed by atoms with Crippen molar-refractivity contribution in [1.29, 1.82) is 0 Å². The topological polar surface area (TPSA) is 75.4 Å². The molecule has 0 radical (unpaired) electrons. The zero-order valence-corrected chi connectivity index (χ0v) is 11.0. The van der Waals surface area contributed by atoms with Crippen LogP contribution in [0.4, 0.5) is 0 Å². The molecule has 0 saturated heterocycles. The van der Waals surface area contributed by atoms with Gasteiger partial charge in [-0.3, -0.25) is 10.1 Å². The standard InChI is InChI=1S/C15H16N2O3/c18-15(19)14(11-6-7-11)17-9-13-16-8-12(20-13)10-4-2-1-3-5-10/h1-5,8,11,14,17H,6-7,9H2,(H,18,19). The third kappa shape index (κ3) is 2.88. The molecule has 104 valence electrons. The van der Waals surface area contributed by atoms with E-state index < -0.39 is 12.0 Å². The molecule has 0 amide bonds. The van der Waals surface area contributed by atoms with Crippen LogP contribution in [0.2, 0.25) is 0 Å². The third-order valence-electron chi connectivity index (χ3n) is 3.44. The molecule has 1 aliphatic carbocycles. The molecule has 3 rings (SSSR count). The maximum absolute atomic E-state index is 11.1. The average molecular weight is 272 g/mol. The summed E-state index contributed by atoms with van der Waals surface area (Å²) in [5, 5.41) is 12.1. The van der Waals surface area contributed by atoms with Crippen molar-refractivity contribution in [2.45, 2.75) is 25.4 Å². The molecule has 2 aromatic rings. The van der Waals surface area contributed by atoms with Crippen LogP contribution in [0, 0.1) is 5.92 Å². The monoisotopic (exact) mass is 272 g/mol. The van der Waals surface area contributed by atoms with Crippen molar-refractivity contribution < 1.29 is 14.3 Å². The predicted molar refractivity (Wildman–Crippen MR) is 72.9 cm³/mol. The molecule has 1 aliphatic rings. The van der Waals surface area contributed by atoms with Crippen LogP contribution in [-0.4, -0.2) is 22.1 Å². The fourth-order valence-corrected chi connectivity index (χ4v) is 2.21. The normalized spacial score (nSPS) is 16.0. The number of aromatic nitrogens is 1. The first kappa shape index (κ1) is 12.9. The summed E-state index contributed by atoms with van der Waals surface area (Å²) in [4.78, 5) is 15.3. The number of carboxylic acids is 1. The fraction of sp³-hybridized carbons (Fsp3) is 0.333. The van der Waals surface area contributed by atoms with E-state index in [0.717, 1.165) is 18.4 Å². The van der Waals surface area contributed by atoms with Crippen LogP contribution in [0.1, 0.15) is 18.7 Å². The Balaban J connectivity index is 1.64. The molecule has 1 fully saturated rings. The number of aliphatic carboxylic acids is 1. The Kier molecular flexibility index (Phi) is 3.52. The lowest BCUT2D eigenvalue weighted by molar-refractivity contribution is -0.140. The first-order valence-electron chi connectivity index (χ1n) is 6.70. The summed E-state index contributed by atoms with van der Waals surface area (Å²) in [5.74, 6) is 0.648. The first-order chi connectivity index (χ1) is 9.74. The van der Waals surface area contributed by atoms with Crippen molar-refractivity contribution in [3.8, 4) is 11.3 Å². The second kappa shape index (κ2) is 5.46. The SMILES string of the molecule is O=C(O)C(NCc1ncc(-c2ccccc2)o1)C1CC1. The Hall–Kier alpha value is -2.14. The van der Waals surface area contributed by atoms with E-state index in [0.29, 0.717) is 18.2 Å². The van der Waals surface area contributed by atoms with Crippen molar-refractivity contribution in [2.75, 3.05) is 0 Å². The van der Waals surface area contributed by atoms with E-state index in [1.165, 1.54) is 0 Å². The molecule has 5 heteroatoms. The highest BCUT2D eigenvalue weighted by Crippen LogP contribution is 2.32. The summed E-state index contributed by atoms with van der Waals surface area (Å²) >= 11 is 0. The summed E-state index contributed by atoms with van der Waals surface area (Å²) in [6.45, 7) is 0.334. The van der Waals surface area contributed by atoms with Gasteiger partial charge in [0.05, 0.1) is 12.7 Å². The van der Waals surface area contributed by atoms with Crippen molar-refractivity contribution in [3.63, 3.8) is 0 Å². The zero-order chi connectivity index (χ0) is 13.9. The summed E-state index contributed by atoms with van der Waals surface area (Å²) in [5.41, 5.74) is 0.961. The minimum Gasteiger partial charge on any atom is -0.480 e. The van der Waals surface area contributed by atoms with E-state index in [4.69, 9.17) is 9.52 Å². The summed E-state index contributed by atoms with van der Waals surface area (Å²) in [7, 11) is 0. The molecule has 1 aromatic carbocycles. The van der Waals surface area contributed by atoms with E-state index >= 15 is 0 Å². The number of oxazole rings is 1. The number of benzene rings is 1. The maximum atomic E-state index is 11.1. The Morgan fingerprint density at radius 1 is 1.40 bits per heavy atom. The number of nitrogens with one attached hydrogen (secondary N) is 1. The van der Waals surface area contributed by atoms with E-state index in [9.17, 15) is 4.79 Å². The highest BCUT2D eigenvalue weighted by Gasteiger charge is 2.35. The van der Waals surface area contributed by atoms with Gasteiger partial charge in [-0.2, -0.15) is 0 Å². The fourth-order valence-electron chi connectivity index (χ4n) is 2.21. The van der Waals surface area contributed by atoms with Gasteiger partial charge >= 0.3 is 5.97 Å². The minimum atomic E-state index is -0.803. The van der Waals surface area contributed by atoms with E-state index in [1.54, 1.807) is 6.20 Å². The van der Waals surface area contributed by atoms with Gasteiger partial charge in [0.2, 0.25) is 5.89 Å². The zero-order valence-electron chi connectivity index (χ0n) is 11.0. The molecule has 5 nitrogen and oxygen atoms in total. The van der Waals surface area contributed by atoms with Crippen LogP contribution in [0.25, 0.3) is 11.3 Å². The smallest absolute Gasteiger partial charge is 0.320 e.